The lowest BCUT2D eigenvalue weighted by molar-refractivity contribution is 0.336. The Morgan fingerprint density at radius 3 is 2.60 bits per heavy atom. The third-order valence-electron chi connectivity index (χ3n) is 4.10. The topological polar surface area (TPSA) is 58.2 Å². The molecule has 114 valence electrons. The summed E-state index contributed by atoms with van der Waals surface area (Å²) in [6.07, 6.45) is 4.65. The summed E-state index contributed by atoms with van der Waals surface area (Å²) in [6, 6.07) is 1.77. The summed E-state index contributed by atoms with van der Waals surface area (Å²) in [4.78, 5) is 1.08. The first-order valence-corrected chi connectivity index (χ1v) is 9.40. The maximum atomic E-state index is 12.4. The molecule has 1 saturated carbocycles. The van der Waals surface area contributed by atoms with E-state index in [0.717, 1.165) is 23.3 Å². The van der Waals surface area contributed by atoms with Crippen LogP contribution < -0.4 is 10.0 Å². The first-order chi connectivity index (χ1) is 9.36. The van der Waals surface area contributed by atoms with Crippen molar-refractivity contribution in [3.05, 3.63) is 16.5 Å². The monoisotopic (exact) mass is 316 g/mol. The van der Waals surface area contributed by atoms with Crippen LogP contribution in [0.1, 0.15) is 43.0 Å². The van der Waals surface area contributed by atoms with E-state index in [-0.39, 0.29) is 5.41 Å². The summed E-state index contributed by atoms with van der Waals surface area (Å²) >= 11 is 1.36. The average Bonchev–Trinajstić information content (AvgIpc) is 2.97. The molecule has 0 aliphatic heterocycles. The Hall–Kier alpha value is -0.430. The maximum absolute atomic E-state index is 12.4. The Kier molecular flexibility index (Phi) is 4.89. The van der Waals surface area contributed by atoms with Crippen molar-refractivity contribution in [3.63, 3.8) is 0 Å². The third kappa shape index (κ3) is 3.61. The fraction of sp³-hybridized carbons (Fsp3) is 0.714. The lowest BCUT2D eigenvalue weighted by Gasteiger charge is -2.23. The van der Waals surface area contributed by atoms with E-state index < -0.39 is 10.0 Å². The lowest BCUT2D eigenvalue weighted by atomic mass is 9.89. The average molecular weight is 316 g/mol. The van der Waals surface area contributed by atoms with Gasteiger partial charge in [-0.15, -0.1) is 11.3 Å². The second kappa shape index (κ2) is 6.13. The molecule has 0 atom stereocenters. The van der Waals surface area contributed by atoms with Crippen molar-refractivity contribution in [2.75, 3.05) is 13.6 Å². The van der Waals surface area contributed by atoms with Crippen LogP contribution in [0.25, 0.3) is 0 Å². The second-order valence-corrected chi connectivity index (χ2v) is 9.17. The molecule has 1 fully saturated rings. The zero-order chi connectivity index (χ0) is 14.8. The van der Waals surface area contributed by atoms with Gasteiger partial charge in [-0.3, -0.25) is 0 Å². The van der Waals surface area contributed by atoms with Crippen LogP contribution in [0.4, 0.5) is 0 Å². The quantitative estimate of drug-likeness (QED) is 0.848. The molecule has 0 saturated heterocycles. The van der Waals surface area contributed by atoms with Gasteiger partial charge < -0.3 is 5.32 Å². The highest BCUT2D eigenvalue weighted by atomic mass is 32.2. The molecule has 2 N–H and O–H groups in total. The number of hydrogen-bond donors (Lipinski definition) is 2. The molecule has 0 bridgehead atoms. The highest BCUT2D eigenvalue weighted by molar-refractivity contribution is 7.91. The molecule has 4 nitrogen and oxygen atoms in total. The third-order valence-corrected chi connectivity index (χ3v) is 7.21. The molecule has 0 amide bonds. The van der Waals surface area contributed by atoms with E-state index in [2.05, 4.69) is 17.0 Å². The summed E-state index contributed by atoms with van der Waals surface area (Å²) < 4.78 is 28.0. The molecular formula is C14H24N2O2S2. The van der Waals surface area contributed by atoms with Crippen LogP contribution in [0.3, 0.4) is 0 Å². The van der Waals surface area contributed by atoms with Gasteiger partial charge in [0.1, 0.15) is 4.21 Å². The number of sulfonamides is 1. The molecule has 1 aromatic rings. The van der Waals surface area contributed by atoms with Gasteiger partial charge in [-0.25, -0.2) is 13.1 Å². The molecule has 0 unspecified atom stereocenters. The summed E-state index contributed by atoms with van der Waals surface area (Å²) in [6.45, 7) is 5.40. The lowest BCUT2D eigenvalue weighted by Crippen LogP contribution is -2.33. The van der Waals surface area contributed by atoms with Crippen molar-refractivity contribution in [3.8, 4) is 0 Å². The van der Waals surface area contributed by atoms with E-state index in [1.807, 2.05) is 14.0 Å². The standard InChI is InChI=1S/C14H24N2O2S2/c1-11-8-13(19-12(11)9-15-3)20(17,18)16-10-14(2)6-4-5-7-14/h8,15-16H,4-7,9-10H2,1-3H3. The van der Waals surface area contributed by atoms with Gasteiger partial charge in [0.2, 0.25) is 10.0 Å². The van der Waals surface area contributed by atoms with E-state index >= 15 is 0 Å². The largest absolute Gasteiger partial charge is 0.315 e. The SMILES string of the molecule is CNCc1sc(S(=O)(=O)NCC2(C)CCCC2)cc1C. The van der Waals surface area contributed by atoms with Crippen LogP contribution >= 0.6 is 11.3 Å². The van der Waals surface area contributed by atoms with Gasteiger partial charge in [0.25, 0.3) is 0 Å². The Morgan fingerprint density at radius 1 is 1.35 bits per heavy atom. The molecular weight excluding hydrogens is 292 g/mol. The zero-order valence-electron chi connectivity index (χ0n) is 12.5. The van der Waals surface area contributed by atoms with Gasteiger partial charge in [-0.05, 0) is 43.9 Å². The van der Waals surface area contributed by atoms with E-state index in [1.54, 1.807) is 6.07 Å². The fourth-order valence-corrected chi connectivity index (χ4v) is 5.55. The van der Waals surface area contributed by atoms with Gasteiger partial charge in [0, 0.05) is 18.0 Å². The van der Waals surface area contributed by atoms with Gasteiger partial charge in [-0.1, -0.05) is 19.8 Å². The minimum Gasteiger partial charge on any atom is -0.315 e. The predicted octanol–water partition coefficient (Wildman–Crippen LogP) is 2.63. The number of rotatable bonds is 6. The van der Waals surface area contributed by atoms with E-state index in [0.29, 0.717) is 17.3 Å². The van der Waals surface area contributed by atoms with Crippen molar-refractivity contribution in [2.45, 2.75) is 50.3 Å². The smallest absolute Gasteiger partial charge is 0.250 e. The van der Waals surface area contributed by atoms with E-state index in [4.69, 9.17) is 0 Å². The fourth-order valence-electron chi connectivity index (χ4n) is 2.70. The Bertz CT molecular complexity index is 558. The first kappa shape index (κ1) is 15.9. The van der Waals surface area contributed by atoms with E-state index in [9.17, 15) is 8.42 Å². The van der Waals surface area contributed by atoms with Crippen LogP contribution in [0.5, 0.6) is 0 Å². The molecule has 1 aromatic heterocycles. The van der Waals surface area contributed by atoms with Crippen LogP contribution in [0.2, 0.25) is 0 Å². The van der Waals surface area contributed by atoms with Gasteiger partial charge in [0.15, 0.2) is 0 Å². The molecule has 0 aromatic carbocycles. The molecule has 1 aliphatic rings. The summed E-state index contributed by atoms with van der Waals surface area (Å²) in [5, 5.41) is 3.07. The zero-order valence-corrected chi connectivity index (χ0v) is 14.1. The summed E-state index contributed by atoms with van der Waals surface area (Å²) in [7, 11) is -1.50. The van der Waals surface area contributed by atoms with Crippen LogP contribution in [-0.4, -0.2) is 22.0 Å². The van der Waals surface area contributed by atoms with Gasteiger partial charge in [-0.2, -0.15) is 0 Å². The minimum atomic E-state index is -3.37. The van der Waals surface area contributed by atoms with Crippen molar-refractivity contribution in [2.24, 2.45) is 5.41 Å². The van der Waals surface area contributed by atoms with Gasteiger partial charge in [0.05, 0.1) is 0 Å². The molecule has 1 aliphatic carbocycles. The number of hydrogen-bond acceptors (Lipinski definition) is 4. The Morgan fingerprint density at radius 2 is 2.00 bits per heavy atom. The van der Waals surface area contributed by atoms with Crippen LogP contribution in [0, 0.1) is 12.3 Å². The van der Waals surface area contributed by atoms with Crippen molar-refractivity contribution >= 4 is 21.4 Å². The minimum absolute atomic E-state index is 0.132. The molecule has 2 rings (SSSR count). The summed E-state index contributed by atoms with van der Waals surface area (Å²) in [5.74, 6) is 0. The normalized spacial score (nSPS) is 18.6. The number of nitrogens with one attached hydrogen (secondary N) is 2. The van der Waals surface area contributed by atoms with Crippen molar-refractivity contribution < 1.29 is 8.42 Å². The number of thiophene rings is 1. The highest BCUT2D eigenvalue weighted by Gasteiger charge is 2.30. The predicted molar refractivity (Wildman–Crippen MR) is 83.6 cm³/mol. The Labute approximate surface area is 126 Å². The maximum Gasteiger partial charge on any atom is 0.250 e. The molecule has 6 heteroatoms. The van der Waals surface area contributed by atoms with Crippen LogP contribution in [0.15, 0.2) is 10.3 Å². The van der Waals surface area contributed by atoms with Gasteiger partial charge >= 0.3 is 0 Å². The second-order valence-electron chi connectivity index (χ2n) is 6.04. The number of aryl methyl sites for hydroxylation is 1. The molecule has 0 radical (unpaired) electrons. The van der Waals surface area contributed by atoms with Crippen molar-refractivity contribution in [1.29, 1.82) is 0 Å². The first-order valence-electron chi connectivity index (χ1n) is 7.10. The Balaban J connectivity index is 2.08. The molecule has 0 spiro atoms. The molecule has 20 heavy (non-hydrogen) atoms. The van der Waals surface area contributed by atoms with E-state index in [1.165, 1.54) is 24.2 Å². The van der Waals surface area contributed by atoms with Crippen LogP contribution in [-0.2, 0) is 16.6 Å². The van der Waals surface area contributed by atoms with Crippen molar-refractivity contribution in [1.82, 2.24) is 10.0 Å². The molecule has 1 heterocycles. The summed E-state index contributed by atoms with van der Waals surface area (Å²) in [5.41, 5.74) is 1.17. The highest BCUT2D eigenvalue weighted by Crippen LogP contribution is 2.37.